The Bertz CT molecular complexity index is 627. The number of aromatic amines is 1. The van der Waals surface area contributed by atoms with Crippen molar-refractivity contribution in [3.63, 3.8) is 0 Å². The summed E-state index contributed by atoms with van der Waals surface area (Å²) in [4.78, 5) is 14.7. The molecule has 0 aliphatic heterocycles. The molecule has 1 aromatic rings. The number of hydrogen-bond acceptors (Lipinski definition) is 6. The second-order valence-electron chi connectivity index (χ2n) is 5.29. The first-order valence-corrected chi connectivity index (χ1v) is 8.87. The number of nitrogens with one attached hydrogen (secondary N) is 2. The van der Waals surface area contributed by atoms with Gasteiger partial charge in [-0.15, -0.1) is 0 Å². The molecular weight excluding hydrogens is 324 g/mol. The van der Waals surface area contributed by atoms with Crippen molar-refractivity contribution >= 4 is 16.0 Å². The average molecular weight is 346 g/mol. The number of methoxy groups -OCH3 is 2. The lowest BCUT2D eigenvalue weighted by Gasteiger charge is -2.18. The van der Waals surface area contributed by atoms with Crippen LogP contribution in [0.4, 0.5) is 0 Å². The van der Waals surface area contributed by atoms with E-state index in [0.29, 0.717) is 0 Å². The molecule has 0 bridgehead atoms. The van der Waals surface area contributed by atoms with E-state index in [1.54, 1.807) is 7.11 Å². The maximum Gasteiger partial charge on any atom is 0.355 e. The van der Waals surface area contributed by atoms with Gasteiger partial charge in [-0.05, 0) is 25.3 Å². The lowest BCUT2D eigenvalue weighted by molar-refractivity contribution is -0.0210. The average Bonchev–Trinajstić information content (AvgIpc) is 3.16. The van der Waals surface area contributed by atoms with Crippen LogP contribution in [0, 0.1) is 0 Å². The van der Waals surface area contributed by atoms with Crippen molar-refractivity contribution in [3.05, 3.63) is 18.0 Å². The molecule has 1 aliphatic carbocycles. The molecule has 1 aromatic heterocycles. The zero-order valence-electron chi connectivity index (χ0n) is 13.2. The summed E-state index contributed by atoms with van der Waals surface area (Å²) in [5.74, 6) is -0.586. The normalized spacial score (nSPS) is 21.5. The van der Waals surface area contributed by atoms with E-state index in [-0.39, 0.29) is 35.9 Å². The minimum absolute atomic E-state index is 0.0183. The van der Waals surface area contributed by atoms with Gasteiger partial charge in [0.05, 0.1) is 12.7 Å². The molecule has 1 aliphatic rings. The fourth-order valence-corrected chi connectivity index (χ4v) is 3.51. The van der Waals surface area contributed by atoms with Crippen LogP contribution in [-0.4, -0.2) is 59.0 Å². The van der Waals surface area contributed by atoms with Crippen LogP contribution in [0.2, 0.25) is 0 Å². The molecule has 1 heterocycles. The Kier molecular flexibility index (Phi) is 6.17. The minimum atomic E-state index is -3.68. The van der Waals surface area contributed by atoms with Crippen LogP contribution in [0.1, 0.15) is 29.8 Å². The van der Waals surface area contributed by atoms with Gasteiger partial charge in [-0.25, -0.2) is 17.9 Å². The maximum absolute atomic E-state index is 12.1. The van der Waals surface area contributed by atoms with E-state index in [4.69, 9.17) is 14.2 Å². The summed E-state index contributed by atoms with van der Waals surface area (Å²) < 4.78 is 41.9. The van der Waals surface area contributed by atoms with E-state index >= 15 is 0 Å². The standard InChI is InChI=1S/C14H22N2O6S/c1-20-7-6-16-23(18,19)10-8-11(15-9-10)14(17)22-13-5-3-4-12(13)21-2/h8-9,12-13,15-16H,3-7H2,1-2H3/t12-,13+/m1/s1. The van der Waals surface area contributed by atoms with Crippen molar-refractivity contribution < 1.29 is 27.4 Å². The number of rotatable bonds is 8. The van der Waals surface area contributed by atoms with E-state index in [2.05, 4.69) is 9.71 Å². The number of esters is 1. The van der Waals surface area contributed by atoms with Gasteiger partial charge in [0.15, 0.2) is 0 Å². The lowest BCUT2D eigenvalue weighted by atomic mass is 10.2. The van der Waals surface area contributed by atoms with Crippen LogP contribution < -0.4 is 4.72 Å². The highest BCUT2D eigenvalue weighted by Crippen LogP contribution is 2.25. The fourth-order valence-electron chi connectivity index (χ4n) is 2.51. The van der Waals surface area contributed by atoms with Crippen LogP contribution in [0.15, 0.2) is 17.2 Å². The van der Waals surface area contributed by atoms with E-state index in [9.17, 15) is 13.2 Å². The second-order valence-corrected chi connectivity index (χ2v) is 7.06. The molecule has 0 aromatic carbocycles. The van der Waals surface area contributed by atoms with Crippen LogP contribution >= 0.6 is 0 Å². The molecule has 9 heteroatoms. The number of carbonyl (C=O) groups is 1. The van der Waals surface area contributed by atoms with Gasteiger partial charge >= 0.3 is 5.97 Å². The van der Waals surface area contributed by atoms with E-state index in [1.807, 2.05) is 0 Å². The summed E-state index contributed by atoms with van der Waals surface area (Å²) in [5.41, 5.74) is 0.0962. The third-order valence-electron chi connectivity index (χ3n) is 3.74. The van der Waals surface area contributed by atoms with Crippen molar-refractivity contribution in [1.82, 2.24) is 9.71 Å². The molecule has 2 atom stereocenters. The van der Waals surface area contributed by atoms with Crippen LogP contribution in [0.5, 0.6) is 0 Å². The number of ether oxygens (including phenoxy) is 3. The molecule has 1 saturated carbocycles. The van der Waals surface area contributed by atoms with Gasteiger partial charge in [-0.2, -0.15) is 0 Å². The van der Waals surface area contributed by atoms with Crippen molar-refractivity contribution in [2.45, 2.75) is 36.4 Å². The van der Waals surface area contributed by atoms with Crippen molar-refractivity contribution in [2.75, 3.05) is 27.4 Å². The predicted octanol–water partition coefficient (Wildman–Crippen LogP) is 0.664. The van der Waals surface area contributed by atoms with Gasteiger partial charge in [-0.3, -0.25) is 0 Å². The molecule has 0 amide bonds. The second kappa shape index (κ2) is 7.91. The van der Waals surface area contributed by atoms with E-state index in [1.165, 1.54) is 19.4 Å². The molecule has 130 valence electrons. The number of hydrogen-bond donors (Lipinski definition) is 2. The Labute approximate surface area is 135 Å². The largest absolute Gasteiger partial charge is 0.455 e. The lowest BCUT2D eigenvalue weighted by Crippen LogP contribution is -2.28. The van der Waals surface area contributed by atoms with Crippen LogP contribution in [0.3, 0.4) is 0 Å². The smallest absolute Gasteiger partial charge is 0.355 e. The fraction of sp³-hybridized carbons (Fsp3) is 0.643. The summed E-state index contributed by atoms with van der Waals surface area (Å²) in [6.45, 7) is 0.417. The molecule has 23 heavy (non-hydrogen) atoms. The first-order chi connectivity index (χ1) is 11.0. The highest BCUT2D eigenvalue weighted by molar-refractivity contribution is 7.89. The van der Waals surface area contributed by atoms with Gasteiger partial charge in [0.25, 0.3) is 0 Å². The predicted molar refractivity (Wildman–Crippen MR) is 81.7 cm³/mol. The maximum atomic E-state index is 12.1. The third kappa shape index (κ3) is 4.54. The molecule has 2 N–H and O–H groups in total. The third-order valence-corrected chi connectivity index (χ3v) is 5.18. The van der Waals surface area contributed by atoms with Gasteiger partial charge in [0.1, 0.15) is 16.7 Å². The topological polar surface area (TPSA) is 107 Å². The highest BCUT2D eigenvalue weighted by Gasteiger charge is 2.31. The number of carbonyl (C=O) groups excluding carboxylic acids is 1. The highest BCUT2D eigenvalue weighted by atomic mass is 32.2. The molecule has 8 nitrogen and oxygen atoms in total. The van der Waals surface area contributed by atoms with Gasteiger partial charge in [-0.1, -0.05) is 0 Å². The molecule has 2 rings (SSSR count). The number of aromatic nitrogens is 1. The van der Waals surface area contributed by atoms with Gasteiger partial charge in [0.2, 0.25) is 10.0 Å². The molecular formula is C14H22N2O6S. The summed E-state index contributed by atoms with van der Waals surface area (Å²) in [5, 5.41) is 0. The molecule has 0 spiro atoms. The zero-order chi connectivity index (χ0) is 16.9. The Morgan fingerprint density at radius 2 is 2.09 bits per heavy atom. The van der Waals surface area contributed by atoms with Crippen molar-refractivity contribution in [3.8, 4) is 0 Å². The van der Waals surface area contributed by atoms with Gasteiger partial charge in [0, 0.05) is 27.0 Å². The summed E-state index contributed by atoms with van der Waals surface area (Å²) >= 11 is 0. The molecule has 0 radical (unpaired) electrons. The Morgan fingerprint density at radius 3 is 2.78 bits per heavy atom. The Morgan fingerprint density at radius 1 is 1.35 bits per heavy atom. The first kappa shape index (κ1) is 17.9. The van der Waals surface area contributed by atoms with Crippen molar-refractivity contribution in [1.29, 1.82) is 0 Å². The molecule has 0 saturated heterocycles. The monoisotopic (exact) mass is 346 g/mol. The molecule has 1 fully saturated rings. The summed E-state index contributed by atoms with van der Waals surface area (Å²) in [6.07, 6.45) is 3.39. The Hall–Kier alpha value is -1.42. The summed E-state index contributed by atoms with van der Waals surface area (Å²) in [6, 6.07) is 1.26. The minimum Gasteiger partial charge on any atom is -0.455 e. The van der Waals surface area contributed by atoms with Crippen LogP contribution in [0.25, 0.3) is 0 Å². The molecule has 0 unspecified atom stereocenters. The number of sulfonamides is 1. The number of H-pyrrole nitrogens is 1. The van der Waals surface area contributed by atoms with E-state index < -0.39 is 16.0 Å². The van der Waals surface area contributed by atoms with Crippen molar-refractivity contribution in [2.24, 2.45) is 0 Å². The quantitative estimate of drug-likeness (QED) is 0.529. The zero-order valence-corrected chi connectivity index (χ0v) is 14.0. The summed E-state index contributed by atoms with van der Waals surface area (Å²) in [7, 11) is -0.615. The SMILES string of the molecule is COCCNS(=O)(=O)c1c[nH]c(C(=O)O[C@H]2CCC[C@H]2OC)c1. The van der Waals surface area contributed by atoms with Gasteiger partial charge < -0.3 is 19.2 Å². The first-order valence-electron chi connectivity index (χ1n) is 7.38. The van der Waals surface area contributed by atoms with Crippen LogP contribution in [-0.2, 0) is 24.2 Å². The van der Waals surface area contributed by atoms with E-state index in [0.717, 1.165) is 19.3 Å². The Balaban J connectivity index is 1.99.